The van der Waals surface area contributed by atoms with Gasteiger partial charge in [0.15, 0.2) is 5.96 Å². The number of aliphatic hydroxyl groups is 1. The van der Waals surface area contributed by atoms with Crippen molar-refractivity contribution in [1.29, 1.82) is 0 Å². The first kappa shape index (κ1) is 11.3. The van der Waals surface area contributed by atoms with Crippen molar-refractivity contribution in [1.82, 2.24) is 5.32 Å². The van der Waals surface area contributed by atoms with Gasteiger partial charge in [-0.15, -0.1) is 0 Å². The fraction of sp³-hybridized carbons (Fsp3) is 0.900. The average Bonchev–Trinajstić information content (AvgIpc) is 2.49. The molecule has 1 saturated carbocycles. The number of nitrogens with zero attached hydrogens (tertiary/aromatic N) is 1. The predicted octanol–water partition coefficient (Wildman–Crippen LogP) is 0.604. The summed E-state index contributed by atoms with van der Waals surface area (Å²) in [6.07, 6.45) is 3.91. The minimum Gasteiger partial charge on any atom is -0.388 e. The predicted molar refractivity (Wildman–Crippen MR) is 58.2 cm³/mol. The molecule has 0 bridgehead atoms. The molecule has 0 atom stereocenters. The van der Waals surface area contributed by atoms with Crippen LogP contribution in [0.3, 0.4) is 0 Å². The summed E-state index contributed by atoms with van der Waals surface area (Å²) in [7, 11) is 0. The molecule has 4 N–H and O–H groups in total. The van der Waals surface area contributed by atoms with E-state index in [4.69, 9.17) is 5.73 Å². The molecule has 1 aliphatic carbocycles. The Balaban J connectivity index is 2.37. The highest BCUT2D eigenvalue weighted by molar-refractivity contribution is 5.78. The monoisotopic (exact) mass is 199 g/mol. The molecule has 0 aromatic heterocycles. The molecule has 82 valence electrons. The molecule has 1 aliphatic rings. The van der Waals surface area contributed by atoms with Crippen molar-refractivity contribution in [2.45, 2.75) is 51.2 Å². The van der Waals surface area contributed by atoms with Gasteiger partial charge in [0.25, 0.3) is 0 Å². The number of nitrogens with one attached hydrogen (secondary N) is 1. The number of hydrogen-bond acceptors (Lipinski definition) is 2. The Morgan fingerprint density at radius 1 is 1.50 bits per heavy atom. The molecule has 0 saturated heterocycles. The molecule has 1 rings (SSSR count). The second-order valence-corrected chi connectivity index (χ2v) is 4.43. The SMILES string of the molecule is CC(C)NC(N)=NCC1(O)CCCC1. The van der Waals surface area contributed by atoms with E-state index in [9.17, 15) is 5.11 Å². The summed E-state index contributed by atoms with van der Waals surface area (Å²) in [6, 6.07) is 0.289. The topological polar surface area (TPSA) is 70.6 Å². The van der Waals surface area contributed by atoms with Gasteiger partial charge < -0.3 is 16.2 Å². The molecule has 14 heavy (non-hydrogen) atoms. The highest BCUT2D eigenvalue weighted by Crippen LogP contribution is 2.29. The van der Waals surface area contributed by atoms with Crippen LogP contribution in [0, 0.1) is 0 Å². The maximum absolute atomic E-state index is 9.98. The number of guanidine groups is 1. The van der Waals surface area contributed by atoms with Crippen LogP contribution in [0.15, 0.2) is 4.99 Å². The Bertz CT molecular complexity index is 207. The smallest absolute Gasteiger partial charge is 0.188 e. The first-order valence-corrected chi connectivity index (χ1v) is 5.31. The minimum atomic E-state index is -0.594. The van der Waals surface area contributed by atoms with Crippen LogP contribution >= 0.6 is 0 Å². The van der Waals surface area contributed by atoms with Crippen molar-refractivity contribution in [3.8, 4) is 0 Å². The Morgan fingerprint density at radius 2 is 2.07 bits per heavy atom. The lowest BCUT2D eigenvalue weighted by Crippen LogP contribution is -2.38. The largest absolute Gasteiger partial charge is 0.388 e. The fourth-order valence-electron chi connectivity index (χ4n) is 1.76. The standard InChI is InChI=1S/C10H21N3O/c1-8(2)13-9(11)12-7-10(14)5-3-4-6-10/h8,14H,3-7H2,1-2H3,(H3,11,12,13). The average molecular weight is 199 g/mol. The van der Waals surface area contributed by atoms with Gasteiger partial charge in [-0.2, -0.15) is 0 Å². The number of hydrogen-bond donors (Lipinski definition) is 3. The lowest BCUT2D eigenvalue weighted by atomic mass is 10.0. The second kappa shape index (κ2) is 4.64. The van der Waals surface area contributed by atoms with E-state index in [2.05, 4.69) is 10.3 Å². The van der Waals surface area contributed by atoms with Crippen molar-refractivity contribution in [3.05, 3.63) is 0 Å². The summed E-state index contributed by atoms with van der Waals surface area (Å²) in [5, 5.41) is 13.0. The Hall–Kier alpha value is -0.770. The molecule has 0 aromatic carbocycles. The van der Waals surface area contributed by atoms with E-state index >= 15 is 0 Å². The highest BCUT2D eigenvalue weighted by atomic mass is 16.3. The van der Waals surface area contributed by atoms with Crippen molar-refractivity contribution in [2.75, 3.05) is 6.54 Å². The molecule has 0 aromatic rings. The normalized spacial score (nSPS) is 21.6. The number of aliphatic imine (C=N–C) groups is 1. The van der Waals surface area contributed by atoms with E-state index in [1.54, 1.807) is 0 Å². The van der Waals surface area contributed by atoms with Gasteiger partial charge in [0.05, 0.1) is 12.1 Å². The molecule has 0 heterocycles. The summed E-state index contributed by atoms with van der Waals surface area (Å²) in [5.41, 5.74) is 5.05. The van der Waals surface area contributed by atoms with E-state index < -0.39 is 5.60 Å². The molecule has 0 unspecified atom stereocenters. The molecule has 0 spiro atoms. The molecule has 0 aliphatic heterocycles. The zero-order valence-corrected chi connectivity index (χ0v) is 9.08. The van der Waals surface area contributed by atoms with E-state index in [0.717, 1.165) is 25.7 Å². The second-order valence-electron chi connectivity index (χ2n) is 4.43. The van der Waals surface area contributed by atoms with Gasteiger partial charge in [0.1, 0.15) is 0 Å². The van der Waals surface area contributed by atoms with E-state index in [1.165, 1.54) is 0 Å². The lowest BCUT2D eigenvalue weighted by molar-refractivity contribution is 0.0574. The first-order chi connectivity index (χ1) is 6.52. The molecule has 1 fully saturated rings. The zero-order valence-electron chi connectivity index (χ0n) is 9.08. The van der Waals surface area contributed by atoms with Gasteiger partial charge in [-0.25, -0.2) is 0 Å². The summed E-state index contributed by atoms with van der Waals surface area (Å²) < 4.78 is 0. The first-order valence-electron chi connectivity index (χ1n) is 5.31. The Labute approximate surface area is 85.6 Å². The van der Waals surface area contributed by atoms with Gasteiger partial charge in [0, 0.05) is 6.04 Å². The maximum atomic E-state index is 9.98. The van der Waals surface area contributed by atoms with Crippen LogP contribution in [-0.4, -0.2) is 29.3 Å². The molecule has 0 radical (unpaired) electrons. The van der Waals surface area contributed by atoms with Crippen molar-refractivity contribution in [3.63, 3.8) is 0 Å². The highest BCUT2D eigenvalue weighted by Gasteiger charge is 2.30. The van der Waals surface area contributed by atoms with E-state index in [-0.39, 0.29) is 6.04 Å². The molecular formula is C10H21N3O. The van der Waals surface area contributed by atoms with Gasteiger partial charge in [-0.1, -0.05) is 12.8 Å². The van der Waals surface area contributed by atoms with Crippen LogP contribution in [0.2, 0.25) is 0 Å². The van der Waals surface area contributed by atoms with E-state index in [1.807, 2.05) is 13.8 Å². The fourth-order valence-corrected chi connectivity index (χ4v) is 1.76. The molecule has 4 heteroatoms. The van der Waals surface area contributed by atoms with Crippen LogP contribution in [0.1, 0.15) is 39.5 Å². The van der Waals surface area contributed by atoms with Gasteiger partial charge in [0.2, 0.25) is 0 Å². The number of nitrogens with two attached hydrogens (primary N) is 1. The Morgan fingerprint density at radius 3 is 2.57 bits per heavy atom. The van der Waals surface area contributed by atoms with Crippen LogP contribution < -0.4 is 11.1 Å². The summed E-state index contributed by atoms with van der Waals surface area (Å²) >= 11 is 0. The van der Waals surface area contributed by atoms with Crippen molar-refractivity contribution in [2.24, 2.45) is 10.7 Å². The third-order valence-electron chi connectivity index (χ3n) is 2.51. The maximum Gasteiger partial charge on any atom is 0.188 e. The van der Waals surface area contributed by atoms with Gasteiger partial charge >= 0.3 is 0 Å². The lowest BCUT2D eigenvalue weighted by Gasteiger charge is -2.19. The zero-order chi connectivity index (χ0) is 10.6. The van der Waals surface area contributed by atoms with Crippen LogP contribution in [0.4, 0.5) is 0 Å². The molecule has 4 nitrogen and oxygen atoms in total. The molecular weight excluding hydrogens is 178 g/mol. The summed E-state index contributed by atoms with van der Waals surface area (Å²) in [4.78, 5) is 4.15. The van der Waals surface area contributed by atoms with Crippen LogP contribution in [0.5, 0.6) is 0 Å². The van der Waals surface area contributed by atoms with Crippen molar-refractivity contribution < 1.29 is 5.11 Å². The number of rotatable bonds is 3. The summed E-state index contributed by atoms with van der Waals surface area (Å²) in [5.74, 6) is 0.431. The minimum absolute atomic E-state index is 0.289. The van der Waals surface area contributed by atoms with E-state index in [0.29, 0.717) is 12.5 Å². The third-order valence-corrected chi connectivity index (χ3v) is 2.51. The van der Waals surface area contributed by atoms with Gasteiger partial charge in [-0.3, -0.25) is 4.99 Å². The third kappa shape index (κ3) is 3.54. The summed E-state index contributed by atoms with van der Waals surface area (Å²) in [6.45, 7) is 4.44. The molecule has 0 amide bonds. The quantitative estimate of drug-likeness (QED) is 0.460. The van der Waals surface area contributed by atoms with Crippen LogP contribution in [-0.2, 0) is 0 Å². The Kier molecular flexibility index (Phi) is 3.75. The van der Waals surface area contributed by atoms with Crippen LogP contribution in [0.25, 0.3) is 0 Å². The van der Waals surface area contributed by atoms with Crippen molar-refractivity contribution >= 4 is 5.96 Å². The van der Waals surface area contributed by atoms with Gasteiger partial charge in [-0.05, 0) is 26.7 Å².